The normalized spacial score (nSPS) is 19.7. The Morgan fingerprint density at radius 2 is 1.95 bits per heavy atom. The number of alkyl halides is 3. The summed E-state index contributed by atoms with van der Waals surface area (Å²) >= 11 is 6.16. The van der Waals surface area contributed by atoms with E-state index in [-0.39, 0.29) is 71.0 Å². The standard InChI is InChI=1S/C36H37ClF3N9O6/c1-19-14-35(7-9-46(10-8-35)33(53)27-29(51)31(42-18-41-27)47-15-22(16-47)54-2)26-28(19)48(17-25(50)43-24-4-3-21(13-23(24)37)36(38,39)40)34-44-30(45-49(34)32(26)52)20-5-11-55-12-6-20/h3-5,13,18-19,22,51H,6-12,14-17H2,1-2H3,(H,43,50). The monoisotopic (exact) mass is 783 g/mol. The molecular formula is C36H37ClF3N9O6. The number of fused-ring (bicyclic) bond motifs is 3. The van der Waals surface area contributed by atoms with Crippen molar-refractivity contribution in [3.8, 4) is 5.75 Å². The zero-order chi connectivity index (χ0) is 38.8. The Labute approximate surface area is 316 Å². The van der Waals surface area contributed by atoms with Crippen molar-refractivity contribution in [1.82, 2.24) is 34.0 Å². The summed E-state index contributed by atoms with van der Waals surface area (Å²) in [5.74, 6) is -0.847. The van der Waals surface area contributed by atoms with Crippen molar-refractivity contribution in [2.45, 2.75) is 62.8 Å². The second-order valence-electron chi connectivity index (χ2n) is 14.4. The lowest BCUT2D eigenvalue weighted by Gasteiger charge is -2.40. The third-order valence-electron chi connectivity index (χ3n) is 11.1. The highest BCUT2D eigenvalue weighted by Crippen LogP contribution is 2.50. The van der Waals surface area contributed by atoms with Crippen LogP contribution in [0.4, 0.5) is 24.7 Å². The van der Waals surface area contributed by atoms with Gasteiger partial charge in [-0.2, -0.15) is 22.7 Å². The zero-order valence-electron chi connectivity index (χ0n) is 29.9. The van der Waals surface area contributed by atoms with Crippen LogP contribution in [0.5, 0.6) is 5.75 Å². The number of rotatable bonds is 7. The first-order valence-electron chi connectivity index (χ1n) is 17.9. The number of ether oxygens (including phenoxy) is 2. The molecule has 8 rings (SSSR count). The van der Waals surface area contributed by atoms with E-state index in [4.69, 9.17) is 26.1 Å². The van der Waals surface area contributed by atoms with Crippen LogP contribution < -0.4 is 15.8 Å². The van der Waals surface area contributed by atoms with E-state index in [0.29, 0.717) is 69.1 Å². The van der Waals surface area contributed by atoms with Gasteiger partial charge in [-0.25, -0.2) is 9.97 Å². The van der Waals surface area contributed by atoms with Crippen LogP contribution in [-0.4, -0.2) is 104 Å². The van der Waals surface area contributed by atoms with Crippen LogP contribution in [0.1, 0.15) is 71.7 Å². The number of nitrogens with one attached hydrogen (secondary N) is 1. The van der Waals surface area contributed by atoms with Gasteiger partial charge in [0, 0.05) is 50.0 Å². The summed E-state index contributed by atoms with van der Waals surface area (Å²) in [6.07, 6.45) is 0.381. The summed E-state index contributed by atoms with van der Waals surface area (Å²) in [6, 6.07) is 2.67. The van der Waals surface area contributed by atoms with Gasteiger partial charge in [-0.05, 0) is 55.4 Å². The van der Waals surface area contributed by atoms with Gasteiger partial charge < -0.3 is 34.3 Å². The Morgan fingerprint density at radius 3 is 2.62 bits per heavy atom. The third kappa shape index (κ3) is 6.48. The summed E-state index contributed by atoms with van der Waals surface area (Å²) in [4.78, 5) is 58.4. The molecule has 19 heteroatoms. The molecule has 6 heterocycles. The van der Waals surface area contributed by atoms with Gasteiger partial charge in [0.15, 0.2) is 23.1 Å². The first kappa shape index (κ1) is 36.9. The molecule has 3 aromatic heterocycles. The number of anilines is 2. The fourth-order valence-electron chi connectivity index (χ4n) is 8.28. The van der Waals surface area contributed by atoms with Crippen molar-refractivity contribution >= 4 is 46.3 Å². The zero-order valence-corrected chi connectivity index (χ0v) is 30.7. The van der Waals surface area contributed by atoms with E-state index < -0.39 is 29.0 Å². The van der Waals surface area contributed by atoms with Crippen LogP contribution in [0.25, 0.3) is 11.4 Å². The maximum absolute atomic E-state index is 14.5. The van der Waals surface area contributed by atoms with Crippen molar-refractivity contribution < 1.29 is 37.3 Å². The molecule has 2 amide bonds. The molecule has 2 fully saturated rings. The third-order valence-corrected chi connectivity index (χ3v) is 11.4. The number of hydrogen-bond donors (Lipinski definition) is 2. The van der Waals surface area contributed by atoms with Crippen molar-refractivity contribution in [1.29, 1.82) is 0 Å². The Balaban J connectivity index is 1.11. The number of aromatic hydroxyl groups is 1. The summed E-state index contributed by atoms with van der Waals surface area (Å²) in [6.45, 7) is 4.00. The lowest BCUT2D eigenvalue weighted by atomic mass is 9.73. The fourth-order valence-corrected chi connectivity index (χ4v) is 8.50. The van der Waals surface area contributed by atoms with Crippen LogP contribution in [-0.2, 0) is 32.4 Å². The van der Waals surface area contributed by atoms with E-state index in [2.05, 4.69) is 20.4 Å². The topological polar surface area (TPSA) is 169 Å². The van der Waals surface area contributed by atoms with Crippen molar-refractivity contribution in [2.24, 2.45) is 0 Å². The number of nitrogens with zero attached hydrogens (tertiary/aromatic N) is 8. The highest BCUT2D eigenvalue weighted by Gasteiger charge is 2.49. The quantitative estimate of drug-likeness (QED) is 0.278. The minimum absolute atomic E-state index is 0.00396. The maximum Gasteiger partial charge on any atom is 0.416 e. The van der Waals surface area contributed by atoms with Gasteiger partial charge in [-0.1, -0.05) is 24.6 Å². The van der Waals surface area contributed by atoms with E-state index in [1.807, 2.05) is 17.9 Å². The smallest absolute Gasteiger partial charge is 0.416 e. The molecule has 1 aliphatic carbocycles. The molecule has 1 spiro atoms. The van der Waals surface area contributed by atoms with Crippen LogP contribution in [0.15, 0.2) is 35.4 Å². The van der Waals surface area contributed by atoms with Gasteiger partial charge in [0.05, 0.1) is 35.6 Å². The summed E-state index contributed by atoms with van der Waals surface area (Å²) in [5, 5.41) is 18.0. The summed E-state index contributed by atoms with van der Waals surface area (Å²) < 4.78 is 53.5. The van der Waals surface area contributed by atoms with Gasteiger partial charge in [-0.15, -0.1) is 5.10 Å². The number of methoxy groups -OCH3 is 1. The largest absolute Gasteiger partial charge is 0.503 e. The molecule has 1 unspecified atom stereocenters. The highest BCUT2D eigenvalue weighted by atomic mass is 35.5. The Kier molecular flexibility index (Phi) is 9.32. The van der Waals surface area contributed by atoms with E-state index >= 15 is 0 Å². The first-order chi connectivity index (χ1) is 26.3. The van der Waals surface area contributed by atoms with Gasteiger partial charge in [0.1, 0.15) is 12.9 Å². The molecule has 4 aliphatic rings. The number of carbonyl (C=O) groups is 2. The minimum atomic E-state index is -4.61. The second kappa shape index (κ2) is 13.9. The van der Waals surface area contributed by atoms with Crippen LogP contribution in [0.2, 0.25) is 5.02 Å². The number of amides is 2. The predicted octanol–water partition coefficient (Wildman–Crippen LogP) is 4.02. The van der Waals surface area contributed by atoms with Gasteiger partial charge in [-0.3, -0.25) is 14.4 Å². The number of halogens is 4. The van der Waals surface area contributed by atoms with E-state index in [9.17, 15) is 32.7 Å². The number of benzene rings is 1. The number of aromatic nitrogens is 6. The average Bonchev–Trinajstić information content (AvgIpc) is 3.71. The van der Waals surface area contributed by atoms with E-state index in [0.717, 1.165) is 23.8 Å². The SMILES string of the molecule is COC1CN(c2ncnc(C(=O)N3CCC4(CC3)CC(C)c3c4c(=O)n4nc(C5=CCOCC5)nc4n3CC(=O)Nc3ccc(C(F)(F)F)cc3Cl)c2O)C1. The molecule has 15 nitrogen and oxygen atoms in total. The Hall–Kier alpha value is -5.07. The fraction of sp³-hybridized carbons (Fsp3) is 0.472. The Bertz CT molecular complexity index is 2300. The van der Waals surface area contributed by atoms with Crippen molar-refractivity contribution in [2.75, 3.05) is 56.7 Å². The number of carbonyl (C=O) groups excluding carboxylic acids is 2. The number of likely N-dealkylation sites (tertiary alicyclic amines) is 1. The highest BCUT2D eigenvalue weighted by molar-refractivity contribution is 6.33. The molecule has 290 valence electrons. The summed E-state index contributed by atoms with van der Waals surface area (Å²) in [7, 11) is 1.61. The summed E-state index contributed by atoms with van der Waals surface area (Å²) in [5.41, 5.74) is -0.236. The Morgan fingerprint density at radius 1 is 1.18 bits per heavy atom. The minimum Gasteiger partial charge on any atom is -0.503 e. The van der Waals surface area contributed by atoms with Gasteiger partial charge >= 0.3 is 6.18 Å². The van der Waals surface area contributed by atoms with E-state index in [1.54, 1.807) is 16.6 Å². The molecule has 1 aromatic carbocycles. The molecular weight excluding hydrogens is 747 g/mol. The molecule has 3 aliphatic heterocycles. The molecule has 4 aromatic rings. The molecule has 0 radical (unpaired) electrons. The number of hydrogen-bond acceptors (Lipinski definition) is 11. The van der Waals surface area contributed by atoms with Gasteiger partial charge in [0.25, 0.3) is 11.5 Å². The molecule has 2 saturated heterocycles. The van der Waals surface area contributed by atoms with Crippen LogP contribution in [0.3, 0.4) is 0 Å². The lowest BCUT2D eigenvalue weighted by molar-refractivity contribution is -0.137. The lowest BCUT2D eigenvalue weighted by Crippen LogP contribution is -2.52. The maximum atomic E-state index is 14.5. The molecule has 55 heavy (non-hydrogen) atoms. The molecule has 2 N–H and O–H groups in total. The van der Waals surface area contributed by atoms with Crippen LogP contribution >= 0.6 is 11.6 Å². The first-order valence-corrected chi connectivity index (χ1v) is 18.2. The van der Waals surface area contributed by atoms with Crippen molar-refractivity contribution in [3.05, 3.63) is 74.3 Å². The molecule has 0 saturated carbocycles. The van der Waals surface area contributed by atoms with E-state index in [1.165, 1.54) is 10.8 Å². The van der Waals surface area contributed by atoms with Crippen LogP contribution in [0, 0.1) is 0 Å². The second-order valence-corrected chi connectivity index (χ2v) is 14.8. The molecule has 0 bridgehead atoms. The average molecular weight is 784 g/mol. The molecule has 1 atom stereocenters. The van der Waals surface area contributed by atoms with Gasteiger partial charge in [0.2, 0.25) is 11.7 Å². The number of piperidine rings is 1. The predicted molar refractivity (Wildman–Crippen MR) is 192 cm³/mol. The van der Waals surface area contributed by atoms with Crippen molar-refractivity contribution in [3.63, 3.8) is 0 Å².